The first kappa shape index (κ1) is 12.9. The van der Waals surface area contributed by atoms with E-state index in [-0.39, 0.29) is 5.78 Å². The summed E-state index contributed by atoms with van der Waals surface area (Å²) in [4.78, 5) is 25.3. The van der Waals surface area contributed by atoms with E-state index in [4.69, 9.17) is 0 Å². The molecule has 0 fully saturated rings. The van der Waals surface area contributed by atoms with Crippen molar-refractivity contribution < 1.29 is 4.79 Å². The Balaban J connectivity index is 2.07. The first-order chi connectivity index (χ1) is 9.63. The molecule has 0 spiro atoms. The maximum Gasteiger partial charge on any atom is 0.166 e. The van der Waals surface area contributed by atoms with Crippen molar-refractivity contribution in [2.45, 2.75) is 39.5 Å². The molecular weight excluding hydrogens is 250 g/mol. The molecule has 1 aliphatic carbocycles. The van der Waals surface area contributed by atoms with Crippen LogP contribution in [0.4, 0.5) is 0 Å². The highest BCUT2D eigenvalue weighted by atomic mass is 16.1. The average Bonchev–Trinajstić information content (AvgIpc) is 2.59. The normalized spacial score (nSPS) is 14.8. The summed E-state index contributed by atoms with van der Waals surface area (Å²) in [5.74, 6) is 0.859. The molecule has 3 rings (SSSR count). The van der Waals surface area contributed by atoms with Crippen LogP contribution in [0.5, 0.6) is 0 Å². The third-order valence-corrected chi connectivity index (χ3v) is 3.58. The summed E-state index contributed by atoms with van der Waals surface area (Å²) in [5, 5.41) is 0. The molecule has 2 aromatic heterocycles. The van der Waals surface area contributed by atoms with Gasteiger partial charge in [0.05, 0.1) is 11.3 Å². The molecule has 0 aliphatic heterocycles. The van der Waals surface area contributed by atoms with Gasteiger partial charge in [-0.15, -0.1) is 0 Å². The SMILES string of the molecule is Cc1cc(-c2ncc3c(n2)CCCCC3=O)cc(C)n1. The fourth-order valence-corrected chi connectivity index (χ4v) is 2.66. The number of aryl methyl sites for hydroxylation is 3. The standard InChI is InChI=1S/C16H17N3O/c1-10-7-12(8-11(2)18-10)16-17-9-13-14(19-16)5-3-4-6-15(13)20/h7-9H,3-6H2,1-2H3. The minimum atomic E-state index is 0.172. The summed E-state index contributed by atoms with van der Waals surface area (Å²) in [6, 6.07) is 3.96. The van der Waals surface area contributed by atoms with Gasteiger partial charge in [-0.05, 0) is 45.2 Å². The van der Waals surface area contributed by atoms with Crippen molar-refractivity contribution in [3.63, 3.8) is 0 Å². The Morgan fingerprint density at radius 1 is 1.00 bits per heavy atom. The van der Waals surface area contributed by atoms with Gasteiger partial charge >= 0.3 is 0 Å². The number of carbonyl (C=O) groups excluding carboxylic acids is 1. The van der Waals surface area contributed by atoms with Crippen LogP contribution in [-0.2, 0) is 6.42 Å². The molecule has 0 radical (unpaired) electrons. The Morgan fingerprint density at radius 2 is 1.70 bits per heavy atom. The van der Waals surface area contributed by atoms with Gasteiger partial charge in [-0.3, -0.25) is 9.78 Å². The van der Waals surface area contributed by atoms with E-state index in [2.05, 4.69) is 15.0 Å². The number of hydrogen-bond acceptors (Lipinski definition) is 4. The zero-order chi connectivity index (χ0) is 14.1. The third kappa shape index (κ3) is 2.46. The van der Waals surface area contributed by atoms with Crippen molar-refractivity contribution in [1.29, 1.82) is 0 Å². The number of hydrogen-bond donors (Lipinski definition) is 0. The van der Waals surface area contributed by atoms with E-state index < -0.39 is 0 Å². The fourth-order valence-electron chi connectivity index (χ4n) is 2.66. The zero-order valence-corrected chi connectivity index (χ0v) is 11.8. The highest BCUT2D eigenvalue weighted by Crippen LogP contribution is 2.22. The average molecular weight is 267 g/mol. The monoisotopic (exact) mass is 267 g/mol. The highest BCUT2D eigenvalue weighted by Gasteiger charge is 2.18. The van der Waals surface area contributed by atoms with Gasteiger partial charge < -0.3 is 0 Å². The second-order valence-electron chi connectivity index (χ2n) is 5.32. The Labute approximate surface area is 118 Å². The molecule has 2 aromatic rings. The van der Waals surface area contributed by atoms with Crippen molar-refractivity contribution in [3.05, 3.63) is 41.0 Å². The minimum Gasteiger partial charge on any atom is -0.294 e. The molecule has 0 saturated carbocycles. The van der Waals surface area contributed by atoms with Crippen LogP contribution in [0, 0.1) is 13.8 Å². The van der Waals surface area contributed by atoms with E-state index in [1.807, 2.05) is 26.0 Å². The Morgan fingerprint density at radius 3 is 2.45 bits per heavy atom. The van der Waals surface area contributed by atoms with Gasteiger partial charge in [0.1, 0.15) is 0 Å². The quantitative estimate of drug-likeness (QED) is 0.745. The summed E-state index contributed by atoms with van der Waals surface area (Å²) in [5.41, 5.74) is 4.47. The van der Waals surface area contributed by atoms with Gasteiger partial charge in [0.25, 0.3) is 0 Å². The second-order valence-corrected chi connectivity index (χ2v) is 5.32. The molecule has 0 aromatic carbocycles. The lowest BCUT2D eigenvalue weighted by Gasteiger charge is -2.07. The minimum absolute atomic E-state index is 0.172. The predicted molar refractivity (Wildman–Crippen MR) is 76.6 cm³/mol. The summed E-state index contributed by atoms with van der Waals surface area (Å²) < 4.78 is 0. The molecule has 4 nitrogen and oxygen atoms in total. The van der Waals surface area contributed by atoms with Crippen LogP contribution >= 0.6 is 0 Å². The van der Waals surface area contributed by atoms with E-state index in [9.17, 15) is 4.79 Å². The van der Waals surface area contributed by atoms with Crippen LogP contribution in [-0.4, -0.2) is 20.7 Å². The molecule has 1 aliphatic rings. The number of fused-ring (bicyclic) bond motifs is 1. The highest BCUT2D eigenvalue weighted by molar-refractivity contribution is 5.97. The molecule has 0 saturated heterocycles. The fraction of sp³-hybridized carbons (Fsp3) is 0.375. The van der Waals surface area contributed by atoms with Gasteiger partial charge in [0.2, 0.25) is 0 Å². The number of carbonyl (C=O) groups is 1. The van der Waals surface area contributed by atoms with Gasteiger partial charge in [-0.2, -0.15) is 0 Å². The van der Waals surface area contributed by atoms with Gasteiger partial charge in [0.15, 0.2) is 11.6 Å². The molecule has 102 valence electrons. The maximum atomic E-state index is 12.0. The van der Waals surface area contributed by atoms with Crippen LogP contribution in [0.1, 0.15) is 46.7 Å². The van der Waals surface area contributed by atoms with Crippen molar-refractivity contribution in [2.75, 3.05) is 0 Å². The van der Waals surface area contributed by atoms with E-state index in [1.54, 1.807) is 6.20 Å². The zero-order valence-electron chi connectivity index (χ0n) is 11.8. The summed E-state index contributed by atoms with van der Waals surface area (Å²) in [6.07, 6.45) is 5.13. The molecule has 20 heavy (non-hydrogen) atoms. The topological polar surface area (TPSA) is 55.7 Å². The van der Waals surface area contributed by atoms with Crippen LogP contribution in [0.25, 0.3) is 11.4 Å². The summed E-state index contributed by atoms with van der Waals surface area (Å²) in [6.45, 7) is 3.92. The van der Waals surface area contributed by atoms with Crippen LogP contribution < -0.4 is 0 Å². The van der Waals surface area contributed by atoms with Crippen LogP contribution in [0.2, 0.25) is 0 Å². The van der Waals surface area contributed by atoms with Gasteiger partial charge in [-0.1, -0.05) is 0 Å². The lowest BCUT2D eigenvalue weighted by molar-refractivity contribution is 0.0981. The number of aromatic nitrogens is 3. The van der Waals surface area contributed by atoms with Crippen molar-refractivity contribution in [3.8, 4) is 11.4 Å². The van der Waals surface area contributed by atoms with Gasteiger partial charge in [-0.25, -0.2) is 9.97 Å². The van der Waals surface area contributed by atoms with E-state index in [0.717, 1.165) is 41.9 Å². The Kier molecular flexibility index (Phi) is 3.30. The number of rotatable bonds is 1. The first-order valence-electron chi connectivity index (χ1n) is 6.98. The number of Topliss-reactive ketones (excluding diaryl/α,β-unsaturated/α-hetero) is 1. The molecule has 4 heteroatoms. The lowest BCUT2D eigenvalue weighted by atomic mass is 10.1. The van der Waals surface area contributed by atoms with Gasteiger partial charge in [0, 0.05) is 29.6 Å². The molecular formula is C16H17N3O. The number of nitrogens with zero attached hydrogens (tertiary/aromatic N) is 3. The van der Waals surface area contributed by atoms with Crippen molar-refractivity contribution in [1.82, 2.24) is 15.0 Å². The summed E-state index contributed by atoms with van der Waals surface area (Å²) in [7, 11) is 0. The van der Waals surface area contributed by atoms with E-state index in [1.165, 1.54) is 0 Å². The molecule has 0 N–H and O–H groups in total. The van der Waals surface area contributed by atoms with Crippen LogP contribution in [0.15, 0.2) is 18.3 Å². The Bertz CT molecular complexity index is 659. The Hall–Kier alpha value is -2.10. The number of ketones is 1. The predicted octanol–water partition coefficient (Wildman–Crippen LogP) is 3.06. The third-order valence-electron chi connectivity index (χ3n) is 3.58. The number of pyridine rings is 1. The van der Waals surface area contributed by atoms with Crippen molar-refractivity contribution >= 4 is 5.78 Å². The maximum absolute atomic E-state index is 12.0. The second kappa shape index (κ2) is 5.12. The molecule has 0 unspecified atom stereocenters. The van der Waals surface area contributed by atoms with Crippen LogP contribution in [0.3, 0.4) is 0 Å². The smallest absolute Gasteiger partial charge is 0.166 e. The summed E-state index contributed by atoms with van der Waals surface area (Å²) >= 11 is 0. The van der Waals surface area contributed by atoms with E-state index >= 15 is 0 Å². The van der Waals surface area contributed by atoms with E-state index in [0.29, 0.717) is 17.8 Å². The molecule has 2 heterocycles. The lowest BCUT2D eigenvalue weighted by Crippen LogP contribution is -2.05. The largest absolute Gasteiger partial charge is 0.294 e. The molecule has 0 atom stereocenters. The molecule has 0 amide bonds. The van der Waals surface area contributed by atoms with Crippen molar-refractivity contribution in [2.24, 2.45) is 0 Å². The first-order valence-corrected chi connectivity index (χ1v) is 6.98. The molecule has 0 bridgehead atoms.